The van der Waals surface area contributed by atoms with Gasteiger partial charge in [0.25, 0.3) is 5.92 Å². The van der Waals surface area contributed by atoms with Crippen molar-refractivity contribution in [2.75, 3.05) is 29.9 Å². The minimum atomic E-state index is -2.79. The summed E-state index contributed by atoms with van der Waals surface area (Å²) in [6.07, 6.45) is 8.90. The number of rotatable bonds is 5. The SMILES string of the molecule is O=C([C@@H]1CCCN1c1nc2c(c(Nc3cc(C4CCCC4)[nH]n3)n1)CCC2)N1CCC(F)(F)C1. The van der Waals surface area contributed by atoms with Gasteiger partial charge in [-0.2, -0.15) is 10.1 Å². The molecule has 4 heterocycles. The van der Waals surface area contributed by atoms with Gasteiger partial charge < -0.3 is 15.1 Å². The molecule has 0 aromatic carbocycles. The molecule has 2 aliphatic carbocycles. The monoisotopic (exact) mass is 471 g/mol. The second-order valence-electron chi connectivity index (χ2n) is 10.2. The van der Waals surface area contributed by atoms with Crippen LogP contribution in [0, 0.1) is 0 Å². The number of fused-ring (bicyclic) bond motifs is 1. The summed E-state index contributed by atoms with van der Waals surface area (Å²) >= 11 is 0. The van der Waals surface area contributed by atoms with Gasteiger partial charge in [0.2, 0.25) is 11.9 Å². The Bertz CT molecular complexity index is 1080. The van der Waals surface area contributed by atoms with E-state index in [4.69, 9.17) is 9.97 Å². The summed E-state index contributed by atoms with van der Waals surface area (Å²) in [6.45, 7) is 0.264. The Kier molecular flexibility index (Phi) is 5.41. The highest BCUT2D eigenvalue weighted by Crippen LogP contribution is 2.36. The number of aromatic nitrogens is 4. The topological polar surface area (TPSA) is 90.0 Å². The first-order valence-electron chi connectivity index (χ1n) is 12.6. The van der Waals surface area contributed by atoms with Crippen molar-refractivity contribution in [2.24, 2.45) is 0 Å². The fraction of sp³-hybridized carbons (Fsp3) is 0.667. The third kappa shape index (κ3) is 4.01. The fourth-order valence-electron chi connectivity index (χ4n) is 6.02. The maximum atomic E-state index is 13.7. The van der Waals surface area contributed by atoms with E-state index in [9.17, 15) is 13.6 Å². The standard InChI is InChI=1S/C24H31F2N7O/c25-24(26)10-12-32(14-24)22(34)19-9-4-11-33(19)23-27-17-8-3-7-16(17)21(29-23)28-20-13-18(30-31-20)15-5-1-2-6-15/h13,15,19H,1-12,14H2,(H2,27,28,29,30,31)/t19-/m0/s1. The molecule has 4 aliphatic rings. The van der Waals surface area contributed by atoms with Crippen molar-refractivity contribution in [3.8, 4) is 0 Å². The molecule has 6 rings (SSSR count). The van der Waals surface area contributed by atoms with Crippen LogP contribution < -0.4 is 10.2 Å². The third-order valence-corrected chi connectivity index (χ3v) is 7.84. The lowest BCUT2D eigenvalue weighted by molar-refractivity contribution is -0.132. The Labute approximate surface area is 197 Å². The number of halogens is 2. The summed E-state index contributed by atoms with van der Waals surface area (Å²) in [5.74, 6) is -0.481. The van der Waals surface area contributed by atoms with Crippen molar-refractivity contribution in [1.82, 2.24) is 25.1 Å². The van der Waals surface area contributed by atoms with Crippen LogP contribution >= 0.6 is 0 Å². The third-order valence-electron chi connectivity index (χ3n) is 7.84. The highest BCUT2D eigenvalue weighted by atomic mass is 19.3. The molecule has 0 radical (unpaired) electrons. The first-order chi connectivity index (χ1) is 16.5. The number of H-pyrrole nitrogens is 1. The van der Waals surface area contributed by atoms with Crippen LogP contribution in [0.2, 0.25) is 0 Å². The van der Waals surface area contributed by atoms with E-state index < -0.39 is 18.5 Å². The van der Waals surface area contributed by atoms with Crippen LogP contribution in [-0.4, -0.2) is 62.6 Å². The first-order valence-corrected chi connectivity index (χ1v) is 12.6. The number of hydrogen-bond acceptors (Lipinski definition) is 6. The number of alkyl halides is 2. The lowest BCUT2D eigenvalue weighted by Gasteiger charge is -2.28. The van der Waals surface area contributed by atoms with E-state index in [2.05, 4.69) is 21.6 Å². The van der Waals surface area contributed by atoms with Crippen molar-refractivity contribution in [3.63, 3.8) is 0 Å². The Balaban J connectivity index is 1.25. The second kappa shape index (κ2) is 8.46. The Hall–Kier alpha value is -2.78. The minimum absolute atomic E-state index is 0.108. The van der Waals surface area contributed by atoms with Gasteiger partial charge in [0, 0.05) is 42.8 Å². The Morgan fingerprint density at radius 3 is 2.74 bits per heavy atom. The van der Waals surface area contributed by atoms with Crippen molar-refractivity contribution >= 4 is 23.5 Å². The Morgan fingerprint density at radius 1 is 1.09 bits per heavy atom. The zero-order chi connectivity index (χ0) is 23.3. The molecule has 0 bridgehead atoms. The van der Waals surface area contributed by atoms with E-state index in [0.29, 0.717) is 24.8 Å². The number of nitrogens with one attached hydrogen (secondary N) is 2. The second-order valence-corrected chi connectivity index (χ2v) is 10.2. The first kappa shape index (κ1) is 21.7. The van der Waals surface area contributed by atoms with Crippen molar-refractivity contribution < 1.29 is 13.6 Å². The molecule has 8 nitrogen and oxygen atoms in total. The highest BCUT2D eigenvalue weighted by Gasteiger charge is 2.44. The van der Waals surface area contributed by atoms with E-state index in [-0.39, 0.29) is 18.9 Å². The van der Waals surface area contributed by atoms with E-state index in [1.807, 2.05) is 4.90 Å². The van der Waals surface area contributed by atoms with Gasteiger partial charge in [-0.25, -0.2) is 13.8 Å². The molecule has 2 aromatic heterocycles. The number of anilines is 3. The molecule has 1 amide bonds. The van der Waals surface area contributed by atoms with Crippen LogP contribution in [0.1, 0.15) is 74.2 Å². The van der Waals surface area contributed by atoms with Gasteiger partial charge in [-0.3, -0.25) is 9.89 Å². The maximum Gasteiger partial charge on any atom is 0.267 e. The molecule has 34 heavy (non-hydrogen) atoms. The molecule has 1 atom stereocenters. The number of nitrogens with zero attached hydrogens (tertiary/aromatic N) is 5. The predicted molar refractivity (Wildman–Crippen MR) is 124 cm³/mol. The van der Waals surface area contributed by atoms with Gasteiger partial charge in [0.05, 0.1) is 12.2 Å². The zero-order valence-electron chi connectivity index (χ0n) is 19.3. The Morgan fingerprint density at radius 2 is 1.94 bits per heavy atom. The fourth-order valence-corrected chi connectivity index (χ4v) is 6.02. The number of likely N-dealkylation sites (tertiary alicyclic amines) is 1. The summed E-state index contributed by atoms with van der Waals surface area (Å²) in [5.41, 5.74) is 3.28. The molecule has 2 saturated heterocycles. The summed E-state index contributed by atoms with van der Waals surface area (Å²) < 4.78 is 27.4. The number of aryl methyl sites for hydroxylation is 1. The van der Waals surface area contributed by atoms with E-state index in [1.165, 1.54) is 36.3 Å². The van der Waals surface area contributed by atoms with Crippen molar-refractivity contribution in [2.45, 2.75) is 82.1 Å². The van der Waals surface area contributed by atoms with E-state index in [1.54, 1.807) is 0 Å². The van der Waals surface area contributed by atoms with Gasteiger partial charge in [-0.1, -0.05) is 12.8 Å². The van der Waals surface area contributed by atoms with Gasteiger partial charge in [-0.15, -0.1) is 0 Å². The summed E-state index contributed by atoms with van der Waals surface area (Å²) in [4.78, 5) is 26.0. The van der Waals surface area contributed by atoms with Gasteiger partial charge >= 0.3 is 0 Å². The van der Waals surface area contributed by atoms with Crippen LogP contribution in [-0.2, 0) is 17.6 Å². The smallest absolute Gasteiger partial charge is 0.267 e. The molecule has 3 fully saturated rings. The maximum absolute atomic E-state index is 13.7. The van der Waals surface area contributed by atoms with Crippen LogP contribution in [0.4, 0.5) is 26.4 Å². The van der Waals surface area contributed by atoms with Crippen LogP contribution in [0.5, 0.6) is 0 Å². The largest absolute Gasteiger partial charge is 0.335 e. The van der Waals surface area contributed by atoms with Crippen LogP contribution in [0.3, 0.4) is 0 Å². The predicted octanol–water partition coefficient (Wildman–Crippen LogP) is 3.93. The summed E-state index contributed by atoms with van der Waals surface area (Å²) in [5, 5.41) is 11.1. The average molecular weight is 472 g/mol. The molecule has 2 aliphatic heterocycles. The lowest BCUT2D eigenvalue weighted by atomic mass is 10.0. The average Bonchev–Trinajstić information content (AvgIpc) is 3.63. The molecule has 2 aromatic rings. The molecule has 2 N–H and O–H groups in total. The van der Waals surface area contributed by atoms with Crippen LogP contribution in [0.15, 0.2) is 6.07 Å². The van der Waals surface area contributed by atoms with Crippen molar-refractivity contribution in [1.29, 1.82) is 0 Å². The molecular weight excluding hydrogens is 440 g/mol. The van der Waals surface area contributed by atoms with Crippen molar-refractivity contribution in [3.05, 3.63) is 23.0 Å². The summed E-state index contributed by atoms with van der Waals surface area (Å²) in [6, 6.07) is 1.59. The molecule has 182 valence electrons. The van der Waals surface area contributed by atoms with E-state index in [0.717, 1.165) is 48.6 Å². The van der Waals surface area contributed by atoms with Crippen LogP contribution in [0.25, 0.3) is 0 Å². The number of amides is 1. The molecule has 0 unspecified atom stereocenters. The lowest BCUT2D eigenvalue weighted by Crippen LogP contribution is -2.46. The molecule has 1 saturated carbocycles. The minimum Gasteiger partial charge on any atom is -0.335 e. The molecular formula is C24H31F2N7O. The number of aromatic amines is 1. The molecule has 10 heteroatoms. The van der Waals surface area contributed by atoms with Gasteiger partial charge in [0.1, 0.15) is 11.9 Å². The van der Waals surface area contributed by atoms with Gasteiger partial charge in [-0.05, 0) is 44.9 Å². The number of carbonyl (C=O) groups excluding carboxylic acids is 1. The normalized spacial score (nSPS) is 24.2. The quantitative estimate of drug-likeness (QED) is 0.687. The van der Waals surface area contributed by atoms with E-state index >= 15 is 0 Å². The van der Waals surface area contributed by atoms with Gasteiger partial charge in [0.15, 0.2) is 5.82 Å². The highest BCUT2D eigenvalue weighted by molar-refractivity contribution is 5.86. The molecule has 0 spiro atoms. The number of hydrogen-bond donors (Lipinski definition) is 2. The summed E-state index contributed by atoms with van der Waals surface area (Å²) in [7, 11) is 0. The number of carbonyl (C=O) groups is 1. The zero-order valence-corrected chi connectivity index (χ0v) is 19.3.